The fraction of sp³-hybridized carbons (Fsp3) is 0.455. The van der Waals surface area contributed by atoms with Crippen molar-refractivity contribution in [3.63, 3.8) is 0 Å². The molecule has 0 radical (unpaired) electrons. The van der Waals surface area contributed by atoms with Crippen molar-refractivity contribution in [3.8, 4) is 5.75 Å². The number of anilines is 1. The van der Waals surface area contributed by atoms with Crippen LogP contribution in [0, 0.1) is 5.41 Å². The van der Waals surface area contributed by atoms with Gasteiger partial charge in [-0.25, -0.2) is 8.42 Å². The van der Waals surface area contributed by atoms with Gasteiger partial charge < -0.3 is 10.4 Å². The highest BCUT2D eigenvalue weighted by Crippen LogP contribution is 2.34. The lowest BCUT2D eigenvalue weighted by molar-refractivity contribution is 0.442. The summed E-state index contributed by atoms with van der Waals surface area (Å²) in [6, 6.07) is 4.39. The van der Waals surface area contributed by atoms with Crippen molar-refractivity contribution in [2.24, 2.45) is 5.41 Å². The molecule has 0 saturated carbocycles. The van der Waals surface area contributed by atoms with Gasteiger partial charge in [0.25, 0.3) is 0 Å². The van der Waals surface area contributed by atoms with Crippen molar-refractivity contribution in [2.75, 3.05) is 17.6 Å². The van der Waals surface area contributed by atoms with Crippen LogP contribution in [0.3, 0.4) is 0 Å². The van der Waals surface area contributed by atoms with E-state index in [0.717, 1.165) is 0 Å². The van der Waals surface area contributed by atoms with Crippen LogP contribution in [0.2, 0.25) is 0 Å². The second-order valence-corrected chi connectivity index (χ2v) is 6.92. The predicted molar refractivity (Wildman–Crippen MR) is 62.4 cm³/mol. The minimum Gasteiger partial charge on any atom is -0.508 e. The van der Waals surface area contributed by atoms with Gasteiger partial charge in [-0.2, -0.15) is 0 Å². The van der Waals surface area contributed by atoms with E-state index in [1.807, 2.05) is 13.8 Å². The normalized spacial score (nSPS) is 21.6. The van der Waals surface area contributed by atoms with Crippen LogP contribution in [0.5, 0.6) is 5.75 Å². The Kier molecular flexibility index (Phi) is 2.38. The molecule has 0 atom stereocenters. The van der Waals surface area contributed by atoms with Crippen molar-refractivity contribution < 1.29 is 13.5 Å². The number of phenolic OH excluding ortho intramolecular Hbond substituents is 1. The van der Waals surface area contributed by atoms with E-state index in [2.05, 4.69) is 5.32 Å². The molecule has 0 amide bonds. The monoisotopic (exact) mass is 241 g/mol. The summed E-state index contributed by atoms with van der Waals surface area (Å²) in [5.41, 5.74) is 0.261. The average Bonchev–Trinajstić information content (AvgIpc) is 2.21. The fourth-order valence-electron chi connectivity index (χ4n) is 1.89. The first-order valence-electron chi connectivity index (χ1n) is 5.10. The van der Waals surface area contributed by atoms with Crippen LogP contribution in [0.25, 0.3) is 0 Å². The predicted octanol–water partition coefficient (Wildman–Crippen LogP) is 1.62. The lowest BCUT2D eigenvalue weighted by atomic mass is 9.96. The Morgan fingerprint density at radius 1 is 1.38 bits per heavy atom. The van der Waals surface area contributed by atoms with Gasteiger partial charge in [-0.05, 0) is 17.5 Å². The van der Waals surface area contributed by atoms with Gasteiger partial charge in [0.05, 0.1) is 16.3 Å². The Hall–Kier alpha value is -1.23. The van der Waals surface area contributed by atoms with Crippen molar-refractivity contribution in [1.82, 2.24) is 0 Å². The van der Waals surface area contributed by atoms with E-state index in [4.69, 9.17) is 0 Å². The van der Waals surface area contributed by atoms with E-state index >= 15 is 0 Å². The first-order chi connectivity index (χ1) is 7.30. The SMILES string of the molecule is CC1(C)CNc2ccc(O)cc2S(=O)(=O)C1. The summed E-state index contributed by atoms with van der Waals surface area (Å²) in [5, 5.41) is 12.5. The summed E-state index contributed by atoms with van der Waals surface area (Å²) in [6.45, 7) is 4.41. The number of benzene rings is 1. The van der Waals surface area contributed by atoms with Crippen LogP contribution >= 0.6 is 0 Å². The Morgan fingerprint density at radius 2 is 2.06 bits per heavy atom. The van der Waals surface area contributed by atoms with Gasteiger partial charge in [0, 0.05) is 12.6 Å². The van der Waals surface area contributed by atoms with Gasteiger partial charge in [0.2, 0.25) is 0 Å². The Morgan fingerprint density at radius 3 is 2.75 bits per heavy atom. The molecule has 0 bridgehead atoms. The minimum absolute atomic E-state index is 0.0242. The Bertz CT molecular complexity index is 520. The molecule has 0 spiro atoms. The van der Waals surface area contributed by atoms with Crippen molar-refractivity contribution in [1.29, 1.82) is 0 Å². The maximum atomic E-state index is 12.1. The maximum Gasteiger partial charge on any atom is 0.181 e. The van der Waals surface area contributed by atoms with E-state index < -0.39 is 9.84 Å². The lowest BCUT2D eigenvalue weighted by Gasteiger charge is -2.20. The molecule has 0 unspecified atom stereocenters. The molecule has 1 aromatic carbocycles. The van der Waals surface area contributed by atoms with Crippen LogP contribution in [0.15, 0.2) is 23.1 Å². The molecular formula is C11H15NO3S. The first-order valence-corrected chi connectivity index (χ1v) is 6.75. The van der Waals surface area contributed by atoms with Gasteiger partial charge in [0.15, 0.2) is 9.84 Å². The van der Waals surface area contributed by atoms with E-state index in [9.17, 15) is 13.5 Å². The van der Waals surface area contributed by atoms with Crippen molar-refractivity contribution in [3.05, 3.63) is 18.2 Å². The number of hydrogen-bond donors (Lipinski definition) is 2. The molecule has 88 valence electrons. The standard InChI is InChI=1S/C11H15NO3S/c1-11(2)6-12-9-4-3-8(13)5-10(9)16(14,15)7-11/h3-5,12-13H,6-7H2,1-2H3. The quantitative estimate of drug-likeness (QED) is 0.677. The molecule has 0 fully saturated rings. The summed E-state index contributed by atoms with van der Waals surface area (Å²) in [4.78, 5) is 0.193. The van der Waals surface area contributed by atoms with Gasteiger partial charge >= 0.3 is 0 Å². The topological polar surface area (TPSA) is 66.4 Å². The van der Waals surface area contributed by atoms with Gasteiger partial charge in [-0.1, -0.05) is 13.8 Å². The minimum atomic E-state index is -3.33. The van der Waals surface area contributed by atoms with Crippen molar-refractivity contribution >= 4 is 15.5 Å². The van der Waals surface area contributed by atoms with E-state index in [-0.39, 0.29) is 21.8 Å². The van der Waals surface area contributed by atoms with E-state index in [1.54, 1.807) is 6.07 Å². The molecule has 2 N–H and O–H groups in total. The molecule has 1 aliphatic heterocycles. The highest BCUT2D eigenvalue weighted by atomic mass is 32.2. The molecule has 1 aliphatic rings. The van der Waals surface area contributed by atoms with Crippen LogP contribution < -0.4 is 5.32 Å². The maximum absolute atomic E-state index is 12.1. The smallest absolute Gasteiger partial charge is 0.181 e. The highest BCUT2D eigenvalue weighted by molar-refractivity contribution is 7.91. The molecular weight excluding hydrogens is 226 g/mol. The Labute approximate surface area is 95.2 Å². The van der Waals surface area contributed by atoms with Gasteiger partial charge in [0.1, 0.15) is 5.75 Å². The zero-order valence-electron chi connectivity index (χ0n) is 9.32. The molecule has 5 heteroatoms. The number of hydrogen-bond acceptors (Lipinski definition) is 4. The largest absolute Gasteiger partial charge is 0.508 e. The molecule has 1 heterocycles. The van der Waals surface area contributed by atoms with Crippen LogP contribution in [0.1, 0.15) is 13.8 Å². The summed E-state index contributed by atoms with van der Waals surface area (Å²) in [6.07, 6.45) is 0. The van der Waals surface area contributed by atoms with E-state index in [1.165, 1.54) is 12.1 Å². The molecule has 0 aromatic heterocycles. The molecule has 16 heavy (non-hydrogen) atoms. The average molecular weight is 241 g/mol. The third-order valence-electron chi connectivity index (χ3n) is 2.64. The Balaban J connectivity index is 2.60. The summed E-state index contributed by atoms with van der Waals surface area (Å²) >= 11 is 0. The molecule has 4 nitrogen and oxygen atoms in total. The van der Waals surface area contributed by atoms with Crippen LogP contribution in [-0.2, 0) is 9.84 Å². The second-order valence-electron chi connectivity index (χ2n) is 4.96. The third-order valence-corrected chi connectivity index (χ3v) is 4.81. The molecule has 2 rings (SSSR count). The molecule has 1 aromatic rings. The number of rotatable bonds is 0. The summed E-state index contributed by atoms with van der Waals surface area (Å²) < 4.78 is 24.2. The van der Waals surface area contributed by atoms with E-state index in [0.29, 0.717) is 12.2 Å². The second kappa shape index (κ2) is 3.38. The number of fused-ring (bicyclic) bond motifs is 1. The number of nitrogens with one attached hydrogen (secondary N) is 1. The van der Waals surface area contributed by atoms with Gasteiger partial charge in [-0.15, -0.1) is 0 Å². The highest BCUT2D eigenvalue weighted by Gasteiger charge is 2.32. The zero-order chi connectivity index (χ0) is 12.0. The lowest BCUT2D eigenvalue weighted by Crippen LogP contribution is -2.28. The van der Waals surface area contributed by atoms with Crippen molar-refractivity contribution in [2.45, 2.75) is 18.7 Å². The molecule has 0 saturated heterocycles. The number of sulfone groups is 1. The van der Waals surface area contributed by atoms with Crippen LogP contribution in [-0.4, -0.2) is 25.8 Å². The number of aromatic hydroxyl groups is 1. The zero-order valence-corrected chi connectivity index (χ0v) is 10.1. The summed E-state index contributed by atoms with van der Waals surface area (Å²) in [7, 11) is -3.33. The third kappa shape index (κ3) is 2.00. The number of phenols is 1. The first kappa shape index (κ1) is 11.3. The van der Waals surface area contributed by atoms with Gasteiger partial charge in [-0.3, -0.25) is 0 Å². The molecule has 0 aliphatic carbocycles. The fourth-order valence-corrected chi connectivity index (χ4v) is 3.95. The van der Waals surface area contributed by atoms with Crippen LogP contribution in [0.4, 0.5) is 5.69 Å². The summed E-state index contributed by atoms with van der Waals surface area (Å²) in [5.74, 6) is 0.0625.